The largest absolute Gasteiger partial charge is 0.478 e. The van der Waals surface area contributed by atoms with Gasteiger partial charge in [-0.25, -0.2) is 8.88 Å². The first-order valence-corrected chi connectivity index (χ1v) is 2.57. The number of carboxylic acids is 1. The Morgan fingerprint density at radius 2 is 2.56 bits per heavy atom. The summed E-state index contributed by atoms with van der Waals surface area (Å²) in [6.07, 6.45) is 2.54. The zero-order valence-corrected chi connectivity index (χ0v) is 5.25. The van der Waals surface area contributed by atoms with E-state index in [1.54, 1.807) is 0 Å². The highest BCUT2D eigenvalue weighted by molar-refractivity contribution is 7.78. The Labute approximate surface area is 56.6 Å². The molecule has 0 aliphatic heterocycles. The van der Waals surface area contributed by atoms with Crippen molar-refractivity contribution >= 4 is 18.8 Å². The molecule has 0 aliphatic carbocycles. The van der Waals surface area contributed by atoms with Crippen LogP contribution in [-0.2, 0) is 0 Å². The Hall–Kier alpha value is -0.970. The van der Waals surface area contributed by atoms with Crippen LogP contribution in [0.5, 0.6) is 0 Å². The molecule has 0 unspecified atom stereocenters. The Kier molecular flexibility index (Phi) is 1.44. The third kappa shape index (κ3) is 1.23. The van der Waals surface area contributed by atoms with Gasteiger partial charge in [-0.2, -0.15) is 5.10 Å². The van der Waals surface area contributed by atoms with Gasteiger partial charge in [0.25, 0.3) is 0 Å². The van der Waals surface area contributed by atoms with Crippen LogP contribution in [0.4, 0.5) is 0 Å². The summed E-state index contributed by atoms with van der Waals surface area (Å²) in [6.45, 7) is 0. The van der Waals surface area contributed by atoms with Gasteiger partial charge in [-0.05, 0) is 12.8 Å². The van der Waals surface area contributed by atoms with Crippen LogP contribution in [0, 0.1) is 0 Å². The monoisotopic (exact) mass is 144 g/mol. The van der Waals surface area contributed by atoms with Gasteiger partial charge in [-0.1, -0.05) is 0 Å². The normalized spacial score (nSPS) is 9.44. The van der Waals surface area contributed by atoms with E-state index < -0.39 is 5.97 Å². The van der Waals surface area contributed by atoms with E-state index in [2.05, 4.69) is 17.9 Å². The van der Waals surface area contributed by atoms with Gasteiger partial charge in [0.15, 0.2) is 0 Å². The lowest BCUT2D eigenvalue weighted by atomic mass is 10.4. The number of carbonyl (C=O) groups is 1. The molecule has 9 heavy (non-hydrogen) atoms. The van der Waals surface area contributed by atoms with Crippen molar-refractivity contribution in [1.82, 2.24) is 9.19 Å². The lowest BCUT2D eigenvalue weighted by Crippen LogP contribution is -1.91. The Morgan fingerprint density at radius 3 is 2.78 bits per heavy atom. The minimum absolute atomic E-state index is 0.144. The van der Waals surface area contributed by atoms with Gasteiger partial charge in [0, 0.05) is 0 Å². The summed E-state index contributed by atoms with van der Waals surface area (Å²) in [5.74, 6) is -0.990. The molecule has 5 heteroatoms. The highest BCUT2D eigenvalue weighted by Gasteiger charge is 2.02. The van der Waals surface area contributed by atoms with Gasteiger partial charge < -0.3 is 5.11 Å². The predicted octanol–water partition coefficient (Wildman–Crippen LogP) is 0.274. The summed E-state index contributed by atoms with van der Waals surface area (Å²) in [5.41, 5.74) is 0.144. The lowest BCUT2D eigenvalue weighted by Gasteiger charge is -1.80. The lowest BCUT2D eigenvalue weighted by molar-refractivity contribution is 0.0697. The summed E-state index contributed by atoms with van der Waals surface area (Å²) in [6, 6.07) is 0. The summed E-state index contributed by atoms with van der Waals surface area (Å²) in [7, 11) is 0. The fourth-order valence-corrected chi connectivity index (χ4v) is 0.599. The van der Waals surface area contributed by atoms with Crippen molar-refractivity contribution in [2.24, 2.45) is 0 Å². The van der Waals surface area contributed by atoms with Crippen molar-refractivity contribution in [2.75, 3.05) is 0 Å². The highest BCUT2D eigenvalue weighted by Crippen LogP contribution is 1.96. The zero-order chi connectivity index (χ0) is 6.85. The SMILES string of the molecule is O=C(O)c1cnn(S)c1. The first-order valence-electron chi connectivity index (χ1n) is 2.17. The zero-order valence-electron chi connectivity index (χ0n) is 4.35. The van der Waals surface area contributed by atoms with Crippen LogP contribution in [0.2, 0.25) is 0 Å². The van der Waals surface area contributed by atoms with Crippen molar-refractivity contribution in [2.45, 2.75) is 0 Å². The van der Waals surface area contributed by atoms with Gasteiger partial charge in [0.1, 0.15) is 0 Å². The molecule has 48 valence electrons. The molecule has 0 aliphatic rings. The highest BCUT2D eigenvalue weighted by atomic mass is 32.1. The summed E-state index contributed by atoms with van der Waals surface area (Å²) >= 11 is 3.74. The Bertz CT molecular complexity index is 232. The van der Waals surface area contributed by atoms with Crippen molar-refractivity contribution in [3.05, 3.63) is 18.0 Å². The molecule has 0 saturated carbocycles. The predicted molar refractivity (Wildman–Crippen MR) is 33.6 cm³/mol. The van der Waals surface area contributed by atoms with Crippen LogP contribution in [0.3, 0.4) is 0 Å². The molecule has 1 rings (SSSR count). The number of hydrogen-bond donors (Lipinski definition) is 2. The smallest absolute Gasteiger partial charge is 0.338 e. The molecule has 0 radical (unpaired) electrons. The second-order valence-electron chi connectivity index (χ2n) is 1.45. The molecule has 0 spiro atoms. The molecular weight excluding hydrogens is 140 g/mol. The molecule has 1 N–H and O–H groups in total. The van der Waals surface area contributed by atoms with E-state index in [1.165, 1.54) is 12.4 Å². The minimum atomic E-state index is -0.990. The number of rotatable bonds is 1. The molecule has 0 fully saturated rings. The van der Waals surface area contributed by atoms with Crippen molar-refractivity contribution in [3.63, 3.8) is 0 Å². The average Bonchev–Trinajstić information content (AvgIpc) is 2.14. The van der Waals surface area contributed by atoms with Crippen LogP contribution in [0.25, 0.3) is 0 Å². The fraction of sp³-hybridized carbons (Fsp3) is 0. The molecule has 0 bridgehead atoms. The number of nitrogens with zero attached hydrogens (tertiary/aromatic N) is 2. The summed E-state index contributed by atoms with van der Waals surface area (Å²) in [5, 5.41) is 11.8. The van der Waals surface area contributed by atoms with E-state index in [0.717, 1.165) is 4.09 Å². The molecule has 1 aromatic rings. The molecule has 1 heterocycles. The molecular formula is C4H4N2O2S. The second kappa shape index (κ2) is 2.10. The first-order chi connectivity index (χ1) is 4.20. The van der Waals surface area contributed by atoms with E-state index in [4.69, 9.17) is 5.11 Å². The van der Waals surface area contributed by atoms with Gasteiger partial charge >= 0.3 is 5.97 Å². The topological polar surface area (TPSA) is 55.1 Å². The molecule has 0 aromatic carbocycles. The van der Waals surface area contributed by atoms with Crippen molar-refractivity contribution in [3.8, 4) is 0 Å². The molecule has 1 aromatic heterocycles. The number of thiol groups is 1. The van der Waals surface area contributed by atoms with Crippen LogP contribution >= 0.6 is 12.8 Å². The van der Waals surface area contributed by atoms with Crippen LogP contribution in [-0.4, -0.2) is 20.3 Å². The Balaban J connectivity index is 2.98. The van der Waals surface area contributed by atoms with Gasteiger partial charge in [-0.3, -0.25) is 0 Å². The quantitative estimate of drug-likeness (QED) is 0.556. The standard InChI is InChI=1S/C4H4N2O2S/c7-4(8)3-1-5-6(9)2-3/h1-2,9H,(H,7,8). The van der Waals surface area contributed by atoms with Gasteiger partial charge in [0.2, 0.25) is 0 Å². The third-order valence-electron chi connectivity index (χ3n) is 0.817. The van der Waals surface area contributed by atoms with E-state index in [1.807, 2.05) is 0 Å². The fourth-order valence-electron chi connectivity index (χ4n) is 0.423. The maximum atomic E-state index is 10.1. The second-order valence-corrected chi connectivity index (χ2v) is 1.86. The average molecular weight is 144 g/mol. The number of aromatic nitrogens is 2. The molecule has 0 amide bonds. The van der Waals surface area contributed by atoms with Gasteiger partial charge in [-0.15, -0.1) is 0 Å². The number of hydrogen-bond acceptors (Lipinski definition) is 3. The van der Waals surface area contributed by atoms with E-state index in [-0.39, 0.29) is 5.56 Å². The first kappa shape index (κ1) is 6.15. The van der Waals surface area contributed by atoms with E-state index >= 15 is 0 Å². The minimum Gasteiger partial charge on any atom is -0.478 e. The van der Waals surface area contributed by atoms with E-state index in [9.17, 15) is 4.79 Å². The van der Waals surface area contributed by atoms with Crippen LogP contribution in [0.1, 0.15) is 10.4 Å². The maximum Gasteiger partial charge on any atom is 0.338 e. The Morgan fingerprint density at radius 1 is 1.89 bits per heavy atom. The van der Waals surface area contributed by atoms with Crippen LogP contribution < -0.4 is 0 Å². The number of aromatic carboxylic acids is 1. The molecule has 4 nitrogen and oxygen atoms in total. The molecule has 0 atom stereocenters. The van der Waals surface area contributed by atoms with E-state index in [0.29, 0.717) is 0 Å². The van der Waals surface area contributed by atoms with Crippen LogP contribution in [0.15, 0.2) is 12.4 Å². The van der Waals surface area contributed by atoms with Crippen molar-refractivity contribution in [1.29, 1.82) is 0 Å². The maximum absolute atomic E-state index is 10.1. The summed E-state index contributed by atoms with van der Waals surface area (Å²) in [4.78, 5) is 10.1. The molecule has 0 saturated heterocycles. The summed E-state index contributed by atoms with van der Waals surface area (Å²) < 4.78 is 1.14. The van der Waals surface area contributed by atoms with Gasteiger partial charge in [0.05, 0.1) is 18.0 Å². The third-order valence-corrected chi connectivity index (χ3v) is 1.04. The number of carboxylic acid groups (broad SMARTS) is 1. The van der Waals surface area contributed by atoms with Crippen molar-refractivity contribution < 1.29 is 9.90 Å².